The first-order valence-corrected chi connectivity index (χ1v) is 7.39. The van der Waals surface area contributed by atoms with Crippen LogP contribution in [0.15, 0.2) is 24.3 Å². The molecule has 0 radical (unpaired) electrons. The Kier molecular flexibility index (Phi) is 5.33. The number of anilines is 1. The molecule has 114 valence electrons. The molecule has 1 aromatic carbocycles. The highest BCUT2D eigenvalue weighted by Gasteiger charge is 2.27. The molecule has 1 heterocycles. The van der Waals surface area contributed by atoms with Crippen molar-refractivity contribution in [3.05, 3.63) is 29.8 Å². The number of nitrogens with zero attached hydrogens (tertiary/aromatic N) is 1. The quantitative estimate of drug-likeness (QED) is 0.867. The molecular formula is C16H22N2O3. The Morgan fingerprint density at radius 3 is 2.76 bits per heavy atom. The fraction of sp³-hybridized carbons (Fsp3) is 0.500. The minimum Gasteiger partial charge on any atom is -0.481 e. The number of hydrogen-bond donors (Lipinski definition) is 2. The van der Waals surface area contributed by atoms with Gasteiger partial charge in [-0.25, -0.2) is 0 Å². The number of rotatable bonds is 5. The molecule has 0 aliphatic carbocycles. The summed E-state index contributed by atoms with van der Waals surface area (Å²) in [5.74, 6) is -0.923. The summed E-state index contributed by atoms with van der Waals surface area (Å²) in [6.07, 6.45) is 1.80. The van der Waals surface area contributed by atoms with Gasteiger partial charge < -0.3 is 15.3 Å². The average molecular weight is 290 g/mol. The zero-order valence-corrected chi connectivity index (χ0v) is 12.3. The van der Waals surface area contributed by atoms with Crippen LogP contribution in [0.2, 0.25) is 0 Å². The van der Waals surface area contributed by atoms with Crippen LogP contribution in [0.3, 0.4) is 0 Å². The van der Waals surface area contributed by atoms with E-state index in [1.54, 1.807) is 4.90 Å². The molecule has 5 nitrogen and oxygen atoms in total. The predicted molar refractivity (Wildman–Crippen MR) is 81.4 cm³/mol. The maximum absolute atomic E-state index is 12.8. The first kappa shape index (κ1) is 15.5. The highest BCUT2D eigenvalue weighted by molar-refractivity contribution is 5.96. The van der Waals surface area contributed by atoms with Gasteiger partial charge in [-0.1, -0.05) is 18.2 Å². The Bertz CT molecular complexity index is 510. The molecule has 1 fully saturated rings. The lowest BCUT2D eigenvalue weighted by molar-refractivity contribution is -0.136. The van der Waals surface area contributed by atoms with Crippen molar-refractivity contribution in [2.24, 2.45) is 5.92 Å². The molecule has 0 spiro atoms. The first-order chi connectivity index (χ1) is 10.1. The fourth-order valence-electron chi connectivity index (χ4n) is 2.71. The maximum Gasteiger partial charge on any atom is 0.305 e. The molecule has 21 heavy (non-hydrogen) atoms. The third-order valence-corrected chi connectivity index (χ3v) is 3.87. The molecule has 5 heteroatoms. The predicted octanol–water partition coefficient (Wildman–Crippen LogP) is 1.80. The highest BCUT2D eigenvalue weighted by atomic mass is 16.4. The number of carboxylic acid groups (broad SMARTS) is 1. The SMILES string of the molecule is Cc1ccccc1N(CCC(=O)O)C(=O)[C@H]1CCCNC1. The molecule has 1 saturated heterocycles. The zero-order chi connectivity index (χ0) is 15.2. The lowest BCUT2D eigenvalue weighted by Crippen LogP contribution is -2.44. The Morgan fingerprint density at radius 2 is 2.14 bits per heavy atom. The topological polar surface area (TPSA) is 69.6 Å². The second kappa shape index (κ2) is 7.22. The summed E-state index contributed by atoms with van der Waals surface area (Å²) in [5.41, 5.74) is 1.80. The van der Waals surface area contributed by atoms with Crippen molar-refractivity contribution >= 4 is 17.6 Å². The largest absolute Gasteiger partial charge is 0.481 e. The molecule has 1 aliphatic heterocycles. The van der Waals surface area contributed by atoms with Gasteiger partial charge in [0, 0.05) is 18.8 Å². The number of aryl methyl sites for hydroxylation is 1. The monoisotopic (exact) mass is 290 g/mol. The van der Waals surface area contributed by atoms with Crippen molar-refractivity contribution in [3.63, 3.8) is 0 Å². The van der Waals surface area contributed by atoms with Crippen LogP contribution in [0.1, 0.15) is 24.8 Å². The van der Waals surface area contributed by atoms with Crippen LogP contribution in [-0.2, 0) is 9.59 Å². The maximum atomic E-state index is 12.8. The minimum absolute atomic E-state index is 0.0257. The van der Waals surface area contributed by atoms with E-state index in [4.69, 9.17) is 5.11 Å². The molecule has 1 aromatic rings. The number of piperidine rings is 1. The van der Waals surface area contributed by atoms with Gasteiger partial charge in [-0.3, -0.25) is 9.59 Å². The van der Waals surface area contributed by atoms with Crippen molar-refractivity contribution in [2.45, 2.75) is 26.2 Å². The summed E-state index contributed by atoms with van der Waals surface area (Å²) in [6.45, 7) is 3.78. The van der Waals surface area contributed by atoms with Gasteiger partial charge in [0.2, 0.25) is 5.91 Å². The van der Waals surface area contributed by atoms with Crippen LogP contribution >= 0.6 is 0 Å². The molecule has 0 bridgehead atoms. The molecule has 0 saturated carbocycles. The number of carbonyl (C=O) groups excluding carboxylic acids is 1. The fourth-order valence-corrected chi connectivity index (χ4v) is 2.71. The van der Waals surface area contributed by atoms with E-state index in [-0.39, 0.29) is 24.8 Å². The van der Waals surface area contributed by atoms with E-state index in [9.17, 15) is 9.59 Å². The number of benzene rings is 1. The van der Waals surface area contributed by atoms with E-state index in [1.165, 1.54) is 0 Å². The summed E-state index contributed by atoms with van der Waals surface area (Å²) in [6, 6.07) is 7.62. The van der Waals surface area contributed by atoms with Gasteiger partial charge in [0.1, 0.15) is 0 Å². The van der Waals surface area contributed by atoms with Crippen molar-refractivity contribution < 1.29 is 14.7 Å². The Morgan fingerprint density at radius 1 is 1.38 bits per heavy atom. The number of nitrogens with one attached hydrogen (secondary N) is 1. The van der Waals surface area contributed by atoms with Gasteiger partial charge in [-0.15, -0.1) is 0 Å². The summed E-state index contributed by atoms with van der Waals surface area (Å²) in [5, 5.41) is 12.2. The zero-order valence-electron chi connectivity index (χ0n) is 12.3. The van der Waals surface area contributed by atoms with Crippen LogP contribution in [0.25, 0.3) is 0 Å². The van der Waals surface area contributed by atoms with Crippen LogP contribution < -0.4 is 10.2 Å². The summed E-state index contributed by atoms with van der Waals surface area (Å²) in [7, 11) is 0. The lowest BCUT2D eigenvalue weighted by atomic mass is 9.97. The van der Waals surface area contributed by atoms with Crippen LogP contribution in [0.5, 0.6) is 0 Å². The van der Waals surface area contributed by atoms with Gasteiger partial charge in [-0.2, -0.15) is 0 Å². The van der Waals surface area contributed by atoms with E-state index in [0.29, 0.717) is 6.54 Å². The molecule has 2 N–H and O–H groups in total. The van der Waals surface area contributed by atoms with E-state index < -0.39 is 5.97 Å². The van der Waals surface area contributed by atoms with Crippen LogP contribution in [-0.4, -0.2) is 36.6 Å². The molecule has 0 unspecified atom stereocenters. The number of amides is 1. The second-order valence-corrected chi connectivity index (χ2v) is 5.46. The highest BCUT2D eigenvalue weighted by Crippen LogP contribution is 2.23. The lowest BCUT2D eigenvalue weighted by Gasteiger charge is -2.30. The Hall–Kier alpha value is -1.88. The first-order valence-electron chi connectivity index (χ1n) is 7.39. The third kappa shape index (κ3) is 4.04. The Labute approximate surface area is 125 Å². The molecular weight excluding hydrogens is 268 g/mol. The Balaban J connectivity index is 2.20. The van der Waals surface area contributed by atoms with Crippen molar-refractivity contribution in [1.82, 2.24) is 5.32 Å². The average Bonchev–Trinajstić information content (AvgIpc) is 2.49. The molecule has 1 aliphatic rings. The van der Waals surface area contributed by atoms with Crippen molar-refractivity contribution in [2.75, 3.05) is 24.5 Å². The molecule has 1 atom stereocenters. The number of aliphatic carboxylic acids is 1. The van der Waals surface area contributed by atoms with E-state index in [1.807, 2.05) is 31.2 Å². The van der Waals surface area contributed by atoms with Crippen LogP contribution in [0.4, 0.5) is 5.69 Å². The van der Waals surface area contributed by atoms with Gasteiger partial charge in [0.15, 0.2) is 0 Å². The van der Waals surface area contributed by atoms with E-state index in [2.05, 4.69) is 5.32 Å². The van der Waals surface area contributed by atoms with Gasteiger partial charge >= 0.3 is 5.97 Å². The third-order valence-electron chi connectivity index (χ3n) is 3.87. The summed E-state index contributed by atoms with van der Waals surface area (Å²) >= 11 is 0. The van der Waals surface area contributed by atoms with Crippen LogP contribution in [0, 0.1) is 12.8 Å². The molecule has 1 amide bonds. The minimum atomic E-state index is -0.886. The molecule has 0 aromatic heterocycles. The number of carbonyl (C=O) groups is 2. The van der Waals surface area contributed by atoms with Gasteiger partial charge in [0.05, 0.1) is 12.3 Å². The molecule has 2 rings (SSSR count). The number of para-hydroxylation sites is 1. The number of hydrogen-bond acceptors (Lipinski definition) is 3. The standard InChI is InChI=1S/C16H22N2O3/c1-12-5-2-3-7-14(12)18(10-8-15(19)20)16(21)13-6-4-9-17-11-13/h2-3,5,7,13,17H,4,6,8-11H2,1H3,(H,19,20)/t13-/m0/s1. The van der Waals surface area contributed by atoms with E-state index in [0.717, 1.165) is 30.6 Å². The second-order valence-electron chi connectivity index (χ2n) is 5.46. The normalized spacial score (nSPS) is 18.2. The van der Waals surface area contributed by atoms with Crippen molar-refractivity contribution in [1.29, 1.82) is 0 Å². The van der Waals surface area contributed by atoms with Gasteiger partial charge in [0.25, 0.3) is 0 Å². The van der Waals surface area contributed by atoms with Crippen molar-refractivity contribution in [3.8, 4) is 0 Å². The summed E-state index contributed by atoms with van der Waals surface area (Å²) in [4.78, 5) is 25.3. The number of carboxylic acids is 1. The summed E-state index contributed by atoms with van der Waals surface area (Å²) < 4.78 is 0. The van der Waals surface area contributed by atoms with E-state index >= 15 is 0 Å². The smallest absolute Gasteiger partial charge is 0.305 e. The van der Waals surface area contributed by atoms with Gasteiger partial charge in [-0.05, 0) is 37.9 Å².